The Bertz CT molecular complexity index is 699. The molecule has 0 bridgehead atoms. The molecular weight excluding hydrogens is 352 g/mol. The molecule has 0 aliphatic heterocycles. The van der Waals surface area contributed by atoms with Crippen LogP contribution in [0.1, 0.15) is 5.56 Å². The monoisotopic (exact) mass is 360 g/mol. The zero-order chi connectivity index (χ0) is 14.0. The zero-order valence-corrected chi connectivity index (χ0v) is 13.1. The summed E-state index contributed by atoms with van der Waals surface area (Å²) < 4.78 is 27.6. The summed E-state index contributed by atoms with van der Waals surface area (Å²) in [5, 5.41) is 0.133. The molecule has 4 nitrogen and oxygen atoms in total. The lowest BCUT2D eigenvalue weighted by atomic mass is 10.2. The predicted octanol–water partition coefficient (Wildman–Crippen LogP) is 3.61. The summed E-state index contributed by atoms with van der Waals surface area (Å²) in [4.78, 5) is 3.83. The molecule has 1 N–H and O–H groups in total. The van der Waals surface area contributed by atoms with Crippen LogP contribution in [-0.4, -0.2) is 13.4 Å². The van der Waals surface area contributed by atoms with E-state index in [9.17, 15) is 8.42 Å². The Morgan fingerprint density at radius 1 is 1.26 bits per heavy atom. The van der Waals surface area contributed by atoms with Crippen LogP contribution in [0.2, 0.25) is 5.15 Å². The molecule has 0 aliphatic carbocycles. The van der Waals surface area contributed by atoms with E-state index in [4.69, 9.17) is 11.6 Å². The van der Waals surface area contributed by atoms with E-state index in [2.05, 4.69) is 25.6 Å². The highest BCUT2D eigenvalue weighted by molar-refractivity contribution is 9.10. The van der Waals surface area contributed by atoms with E-state index in [-0.39, 0.29) is 10.0 Å². The molecule has 1 aromatic heterocycles. The van der Waals surface area contributed by atoms with Crippen LogP contribution >= 0.6 is 27.5 Å². The molecule has 0 spiro atoms. The maximum Gasteiger partial charge on any atom is 0.262 e. The van der Waals surface area contributed by atoms with Gasteiger partial charge in [0.25, 0.3) is 10.0 Å². The highest BCUT2D eigenvalue weighted by atomic mass is 79.9. The summed E-state index contributed by atoms with van der Waals surface area (Å²) in [5.41, 5.74) is 1.43. The van der Waals surface area contributed by atoms with Crippen LogP contribution in [0.3, 0.4) is 0 Å². The molecule has 1 aromatic carbocycles. The van der Waals surface area contributed by atoms with Crippen molar-refractivity contribution in [2.75, 3.05) is 4.72 Å². The van der Waals surface area contributed by atoms with Crippen molar-refractivity contribution in [2.24, 2.45) is 0 Å². The van der Waals surface area contributed by atoms with Crippen molar-refractivity contribution < 1.29 is 8.42 Å². The summed E-state index contributed by atoms with van der Waals surface area (Å²) in [5.74, 6) is 0. The number of aryl methyl sites for hydroxylation is 1. The van der Waals surface area contributed by atoms with Crippen molar-refractivity contribution in [1.82, 2.24) is 4.98 Å². The van der Waals surface area contributed by atoms with Crippen LogP contribution in [0.4, 0.5) is 5.69 Å². The van der Waals surface area contributed by atoms with Crippen molar-refractivity contribution in [3.8, 4) is 0 Å². The number of nitrogens with zero attached hydrogens (tertiary/aromatic N) is 1. The van der Waals surface area contributed by atoms with Crippen molar-refractivity contribution in [1.29, 1.82) is 0 Å². The smallest absolute Gasteiger partial charge is 0.262 e. The maximum absolute atomic E-state index is 12.2. The number of hydrogen-bond acceptors (Lipinski definition) is 3. The first-order chi connectivity index (χ1) is 8.87. The number of hydrogen-bond donors (Lipinski definition) is 1. The van der Waals surface area contributed by atoms with Crippen LogP contribution in [0.15, 0.2) is 45.9 Å². The second-order valence-electron chi connectivity index (χ2n) is 3.94. The molecule has 0 radical (unpaired) electrons. The Balaban J connectivity index is 2.36. The van der Waals surface area contributed by atoms with Crippen LogP contribution in [0, 0.1) is 6.92 Å². The summed E-state index contributed by atoms with van der Waals surface area (Å²) in [6.07, 6.45) is 1.35. The highest BCUT2D eigenvalue weighted by Gasteiger charge is 2.15. The number of sulfonamides is 1. The minimum atomic E-state index is -3.66. The number of aromatic nitrogens is 1. The van der Waals surface area contributed by atoms with Gasteiger partial charge in [0.1, 0.15) is 5.15 Å². The molecule has 0 saturated heterocycles. The molecule has 1 heterocycles. The van der Waals surface area contributed by atoms with Gasteiger partial charge >= 0.3 is 0 Å². The minimum Gasteiger partial charge on any atom is -0.280 e. The molecular formula is C12H10BrClN2O2S. The molecule has 100 valence electrons. The quantitative estimate of drug-likeness (QED) is 0.850. The molecule has 7 heteroatoms. The van der Waals surface area contributed by atoms with Gasteiger partial charge < -0.3 is 0 Å². The summed E-state index contributed by atoms with van der Waals surface area (Å²) in [6, 6.07) is 8.01. The average Bonchev–Trinajstić information content (AvgIpc) is 2.26. The molecule has 0 saturated carbocycles. The Morgan fingerprint density at radius 2 is 2.00 bits per heavy atom. The first-order valence-electron chi connectivity index (χ1n) is 5.28. The van der Waals surface area contributed by atoms with E-state index >= 15 is 0 Å². The van der Waals surface area contributed by atoms with Gasteiger partial charge in [-0.2, -0.15) is 0 Å². The van der Waals surface area contributed by atoms with E-state index < -0.39 is 10.0 Å². The summed E-state index contributed by atoms with van der Waals surface area (Å²) in [6.45, 7) is 1.88. The van der Waals surface area contributed by atoms with Gasteiger partial charge in [0.05, 0.1) is 10.6 Å². The molecule has 2 aromatic rings. The fourth-order valence-corrected chi connectivity index (χ4v) is 3.46. The lowest BCUT2D eigenvalue weighted by molar-refractivity contribution is 0.601. The van der Waals surface area contributed by atoms with Gasteiger partial charge in [-0.3, -0.25) is 4.72 Å². The average molecular weight is 362 g/mol. The Morgan fingerprint density at radius 3 is 2.63 bits per heavy atom. The van der Waals surface area contributed by atoms with Crippen molar-refractivity contribution in [3.63, 3.8) is 0 Å². The first-order valence-corrected chi connectivity index (χ1v) is 7.94. The van der Waals surface area contributed by atoms with Gasteiger partial charge in [0, 0.05) is 10.7 Å². The Hall–Kier alpha value is -1.11. The molecule has 0 fully saturated rings. The zero-order valence-electron chi connectivity index (χ0n) is 9.89. The second-order valence-corrected chi connectivity index (χ2v) is 6.92. The van der Waals surface area contributed by atoms with Crippen LogP contribution in [0.5, 0.6) is 0 Å². The number of nitrogens with one attached hydrogen (secondary N) is 1. The van der Waals surface area contributed by atoms with Crippen molar-refractivity contribution in [3.05, 3.63) is 51.7 Å². The topological polar surface area (TPSA) is 59.1 Å². The van der Waals surface area contributed by atoms with Gasteiger partial charge in [0.15, 0.2) is 0 Å². The predicted molar refractivity (Wildman–Crippen MR) is 78.9 cm³/mol. The number of benzene rings is 1. The minimum absolute atomic E-state index is 0.0742. The van der Waals surface area contributed by atoms with E-state index in [1.54, 1.807) is 12.1 Å². The number of pyridine rings is 1. The molecule has 19 heavy (non-hydrogen) atoms. The molecule has 2 rings (SSSR count). The normalized spacial score (nSPS) is 11.3. The Labute approximate surface area is 125 Å². The molecule has 0 unspecified atom stereocenters. The van der Waals surface area contributed by atoms with Crippen LogP contribution in [0.25, 0.3) is 0 Å². The third kappa shape index (κ3) is 3.68. The van der Waals surface area contributed by atoms with Crippen LogP contribution < -0.4 is 4.72 Å². The largest absolute Gasteiger partial charge is 0.280 e. The van der Waals surface area contributed by atoms with Gasteiger partial charge in [0.2, 0.25) is 0 Å². The molecule has 0 aliphatic rings. The van der Waals surface area contributed by atoms with Gasteiger partial charge in [-0.1, -0.05) is 27.5 Å². The van der Waals surface area contributed by atoms with Gasteiger partial charge in [-0.15, -0.1) is 0 Å². The summed E-state index contributed by atoms with van der Waals surface area (Å²) >= 11 is 9.02. The number of halogens is 2. The van der Waals surface area contributed by atoms with Gasteiger partial charge in [-0.25, -0.2) is 13.4 Å². The maximum atomic E-state index is 12.2. The Kier molecular flexibility index (Phi) is 4.13. The van der Waals surface area contributed by atoms with E-state index in [1.165, 1.54) is 18.3 Å². The lowest BCUT2D eigenvalue weighted by Gasteiger charge is -2.09. The van der Waals surface area contributed by atoms with E-state index in [0.717, 1.165) is 10.0 Å². The highest BCUT2D eigenvalue weighted by Crippen LogP contribution is 2.22. The number of rotatable bonds is 3. The fraction of sp³-hybridized carbons (Fsp3) is 0.0833. The lowest BCUT2D eigenvalue weighted by Crippen LogP contribution is -2.13. The SMILES string of the molecule is Cc1cc(Br)cc(NS(=O)(=O)c2ccnc(Cl)c2)c1. The van der Waals surface area contributed by atoms with E-state index in [1.807, 2.05) is 13.0 Å². The van der Waals surface area contributed by atoms with Crippen molar-refractivity contribution >= 4 is 43.2 Å². The first kappa shape index (κ1) is 14.3. The van der Waals surface area contributed by atoms with Crippen LogP contribution in [-0.2, 0) is 10.0 Å². The van der Waals surface area contributed by atoms with Crippen molar-refractivity contribution in [2.45, 2.75) is 11.8 Å². The van der Waals surface area contributed by atoms with E-state index in [0.29, 0.717) is 5.69 Å². The second kappa shape index (κ2) is 5.48. The standard InChI is InChI=1S/C12H10BrClN2O2S/c1-8-4-9(13)6-10(5-8)16-19(17,18)11-2-3-15-12(14)7-11/h2-7,16H,1H3. The fourth-order valence-electron chi connectivity index (χ4n) is 1.56. The number of anilines is 1. The summed E-state index contributed by atoms with van der Waals surface area (Å²) in [7, 11) is -3.66. The third-order valence-electron chi connectivity index (χ3n) is 2.30. The molecule has 0 atom stereocenters. The van der Waals surface area contributed by atoms with Gasteiger partial charge in [-0.05, 0) is 42.8 Å². The third-order valence-corrected chi connectivity index (χ3v) is 4.35. The molecule has 0 amide bonds.